The number of amides is 1. The zero-order chi connectivity index (χ0) is 13.7. The maximum atomic E-state index is 13.3. The van der Waals surface area contributed by atoms with Crippen LogP contribution < -0.4 is 10.1 Å². The maximum absolute atomic E-state index is 13.3. The molecule has 1 aromatic carbocycles. The molecule has 104 valence electrons. The van der Waals surface area contributed by atoms with Crippen LogP contribution in [0.1, 0.15) is 32.1 Å². The van der Waals surface area contributed by atoms with Crippen LogP contribution in [0.25, 0.3) is 0 Å². The molecule has 1 saturated carbocycles. The van der Waals surface area contributed by atoms with E-state index in [1.807, 2.05) is 0 Å². The summed E-state index contributed by atoms with van der Waals surface area (Å²) in [6.45, 7) is -0.251. The molecule has 1 fully saturated rings. The minimum absolute atomic E-state index is 0.111. The second-order valence-electron chi connectivity index (χ2n) is 4.77. The Kier molecular flexibility index (Phi) is 4.71. The van der Waals surface area contributed by atoms with Gasteiger partial charge in [-0.25, -0.2) is 8.78 Å². The van der Waals surface area contributed by atoms with Crippen molar-refractivity contribution in [2.75, 3.05) is 6.61 Å². The fourth-order valence-corrected chi connectivity index (χ4v) is 2.25. The van der Waals surface area contributed by atoms with Crippen LogP contribution in [0, 0.1) is 11.6 Å². The quantitative estimate of drug-likeness (QED) is 0.912. The van der Waals surface area contributed by atoms with Crippen molar-refractivity contribution in [2.45, 2.75) is 38.1 Å². The Morgan fingerprint density at radius 3 is 2.68 bits per heavy atom. The van der Waals surface area contributed by atoms with Gasteiger partial charge in [-0.2, -0.15) is 0 Å². The van der Waals surface area contributed by atoms with Crippen LogP contribution in [0.3, 0.4) is 0 Å². The highest BCUT2D eigenvalue weighted by atomic mass is 19.1. The van der Waals surface area contributed by atoms with Crippen LogP contribution in [0.2, 0.25) is 0 Å². The molecule has 3 nitrogen and oxygen atoms in total. The van der Waals surface area contributed by atoms with E-state index in [2.05, 4.69) is 5.32 Å². The number of carbonyl (C=O) groups excluding carboxylic acids is 1. The lowest BCUT2D eigenvalue weighted by atomic mass is 9.95. The molecule has 0 atom stereocenters. The van der Waals surface area contributed by atoms with Crippen LogP contribution in [-0.2, 0) is 4.79 Å². The Labute approximate surface area is 111 Å². The summed E-state index contributed by atoms with van der Waals surface area (Å²) in [7, 11) is 0. The highest BCUT2D eigenvalue weighted by molar-refractivity contribution is 5.77. The highest BCUT2D eigenvalue weighted by Gasteiger charge is 2.16. The van der Waals surface area contributed by atoms with Crippen molar-refractivity contribution in [1.29, 1.82) is 0 Å². The van der Waals surface area contributed by atoms with Gasteiger partial charge in [0.15, 0.2) is 18.2 Å². The number of carbonyl (C=O) groups is 1. The van der Waals surface area contributed by atoms with Crippen molar-refractivity contribution in [3.63, 3.8) is 0 Å². The first kappa shape index (κ1) is 13.8. The molecule has 0 bridgehead atoms. The Hall–Kier alpha value is -1.65. The first-order valence-corrected chi connectivity index (χ1v) is 6.52. The number of rotatable bonds is 4. The van der Waals surface area contributed by atoms with Crippen molar-refractivity contribution < 1.29 is 18.3 Å². The van der Waals surface area contributed by atoms with Crippen LogP contribution in [0.5, 0.6) is 5.75 Å². The number of benzene rings is 1. The third-order valence-corrected chi connectivity index (χ3v) is 3.22. The fraction of sp³-hybridized carbons (Fsp3) is 0.500. The molecule has 1 N–H and O–H groups in total. The predicted octanol–water partition coefficient (Wildman–Crippen LogP) is 2.79. The number of hydrogen-bond acceptors (Lipinski definition) is 2. The van der Waals surface area contributed by atoms with E-state index < -0.39 is 11.6 Å². The van der Waals surface area contributed by atoms with E-state index in [1.165, 1.54) is 12.5 Å². The number of nitrogens with one attached hydrogen (secondary N) is 1. The second kappa shape index (κ2) is 6.50. The molecule has 0 saturated heterocycles. The van der Waals surface area contributed by atoms with Gasteiger partial charge in [-0.3, -0.25) is 4.79 Å². The van der Waals surface area contributed by atoms with E-state index in [1.54, 1.807) is 0 Å². The zero-order valence-electron chi connectivity index (χ0n) is 10.6. The molecule has 5 heteroatoms. The van der Waals surface area contributed by atoms with Crippen LogP contribution in [-0.4, -0.2) is 18.6 Å². The molecule has 1 aromatic rings. The average Bonchev–Trinajstić information content (AvgIpc) is 2.39. The summed E-state index contributed by atoms with van der Waals surface area (Å²) in [6.07, 6.45) is 5.42. The van der Waals surface area contributed by atoms with Gasteiger partial charge in [-0.15, -0.1) is 0 Å². The second-order valence-corrected chi connectivity index (χ2v) is 4.77. The Balaban J connectivity index is 1.79. The van der Waals surface area contributed by atoms with E-state index in [-0.39, 0.29) is 24.3 Å². The first-order valence-electron chi connectivity index (χ1n) is 6.52. The lowest BCUT2D eigenvalue weighted by Gasteiger charge is -2.22. The fourth-order valence-electron chi connectivity index (χ4n) is 2.25. The van der Waals surface area contributed by atoms with Gasteiger partial charge in [0.05, 0.1) is 0 Å². The van der Waals surface area contributed by atoms with Gasteiger partial charge in [-0.1, -0.05) is 19.3 Å². The standard InChI is InChI=1S/C14H17F2NO2/c15-10-6-7-13(12(16)8-10)19-9-14(18)17-11-4-2-1-3-5-11/h6-8,11H,1-5,9H2,(H,17,18). The van der Waals surface area contributed by atoms with E-state index >= 15 is 0 Å². The van der Waals surface area contributed by atoms with Crippen LogP contribution >= 0.6 is 0 Å². The Bertz CT molecular complexity index is 445. The van der Waals surface area contributed by atoms with Gasteiger partial charge in [0.25, 0.3) is 5.91 Å². The molecular weight excluding hydrogens is 252 g/mol. The van der Waals surface area contributed by atoms with E-state index in [0.29, 0.717) is 0 Å². The molecule has 0 unspecified atom stereocenters. The summed E-state index contributed by atoms with van der Waals surface area (Å²) in [5, 5.41) is 2.86. The topological polar surface area (TPSA) is 38.3 Å². The van der Waals surface area contributed by atoms with Gasteiger partial charge >= 0.3 is 0 Å². The molecule has 0 aromatic heterocycles. The summed E-state index contributed by atoms with van der Waals surface area (Å²) < 4.78 is 31.0. The molecule has 1 amide bonds. The minimum Gasteiger partial charge on any atom is -0.481 e. The summed E-state index contributed by atoms with van der Waals surface area (Å²) in [6, 6.07) is 3.20. The van der Waals surface area contributed by atoms with Gasteiger partial charge in [0.2, 0.25) is 0 Å². The van der Waals surface area contributed by atoms with Crippen molar-refractivity contribution in [3.8, 4) is 5.75 Å². The summed E-state index contributed by atoms with van der Waals surface area (Å²) >= 11 is 0. The summed E-state index contributed by atoms with van der Waals surface area (Å²) in [4.78, 5) is 11.6. The minimum atomic E-state index is -0.800. The lowest BCUT2D eigenvalue weighted by molar-refractivity contribution is -0.124. The summed E-state index contributed by atoms with van der Waals surface area (Å²) in [5.74, 6) is -1.85. The molecule has 0 heterocycles. The molecule has 0 spiro atoms. The largest absolute Gasteiger partial charge is 0.481 e. The molecule has 0 radical (unpaired) electrons. The van der Waals surface area contributed by atoms with E-state index in [9.17, 15) is 13.6 Å². The van der Waals surface area contributed by atoms with Crippen molar-refractivity contribution in [1.82, 2.24) is 5.32 Å². The SMILES string of the molecule is O=C(COc1ccc(F)cc1F)NC1CCCCC1. The van der Waals surface area contributed by atoms with Gasteiger partial charge < -0.3 is 10.1 Å². The lowest BCUT2D eigenvalue weighted by Crippen LogP contribution is -2.39. The summed E-state index contributed by atoms with van der Waals surface area (Å²) in [5.41, 5.74) is 0. The molecule has 1 aliphatic rings. The van der Waals surface area contributed by atoms with Crippen LogP contribution in [0.4, 0.5) is 8.78 Å². The van der Waals surface area contributed by atoms with Gasteiger partial charge in [0, 0.05) is 12.1 Å². The number of halogens is 2. The third-order valence-electron chi connectivity index (χ3n) is 3.22. The smallest absolute Gasteiger partial charge is 0.258 e. The average molecular weight is 269 g/mol. The molecule has 2 rings (SSSR count). The predicted molar refractivity (Wildman–Crippen MR) is 66.9 cm³/mol. The van der Waals surface area contributed by atoms with E-state index in [0.717, 1.165) is 37.8 Å². The Morgan fingerprint density at radius 2 is 2.00 bits per heavy atom. The number of hydrogen-bond donors (Lipinski definition) is 1. The third kappa shape index (κ3) is 4.19. The van der Waals surface area contributed by atoms with Crippen molar-refractivity contribution >= 4 is 5.91 Å². The zero-order valence-corrected chi connectivity index (χ0v) is 10.6. The van der Waals surface area contributed by atoms with Gasteiger partial charge in [0.1, 0.15) is 5.82 Å². The first-order chi connectivity index (χ1) is 9.15. The van der Waals surface area contributed by atoms with Crippen molar-refractivity contribution in [3.05, 3.63) is 29.8 Å². The molecular formula is C14H17F2NO2. The normalized spacial score (nSPS) is 16.1. The number of ether oxygens (including phenoxy) is 1. The van der Waals surface area contributed by atoms with E-state index in [4.69, 9.17) is 4.74 Å². The molecule has 1 aliphatic carbocycles. The monoisotopic (exact) mass is 269 g/mol. The highest BCUT2D eigenvalue weighted by Crippen LogP contribution is 2.18. The molecule has 19 heavy (non-hydrogen) atoms. The van der Waals surface area contributed by atoms with Gasteiger partial charge in [-0.05, 0) is 25.0 Å². The Morgan fingerprint density at radius 1 is 1.26 bits per heavy atom. The van der Waals surface area contributed by atoms with Crippen LogP contribution in [0.15, 0.2) is 18.2 Å². The van der Waals surface area contributed by atoms with Crippen molar-refractivity contribution in [2.24, 2.45) is 0 Å². The molecule has 0 aliphatic heterocycles. The maximum Gasteiger partial charge on any atom is 0.258 e.